The van der Waals surface area contributed by atoms with Crippen LogP contribution in [0.5, 0.6) is 0 Å². The van der Waals surface area contributed by atoms with Crippen molar-refractivity contribution in [2.75, 3.05) is 11.9 Å². The van der Waals surface area contributed by atoms with Crippen molar-refractivity contribution in [3.8, 4) is 0 Å². The van der Waals surface area contributed by atoms with Crippen LogP contribution in [0.15, 0.2) is 47.6 Å². The Morgan fingerprint density at radius 1 is 1.26 bits per heavy atom. The van der Waals surface area contributed by atoms with E-state index in [2.05, 4.69) is 15.3 Å². The highest BCUT2D eigenvalue weighted by molar-refractivity contribution is 6.01. The molecule has 0 radical (unpaired) electrons. The van der Waals surface area contributed by atoms with Crippen molar-refractivity contribution in [1.29, 1.82) is 0 Å². The van der Waals surface area contributed by atoms with Gasteiger partial charge in [0.25, 0.3) is 6.02 Å². The van der Waals surface area contributed by atoms with Gasteiger partial charge in [-0.15, -0.1) is 0 Å². The smallest absolute Gasteiger partial charge is 0.282 e. The fourth-order valence-corrected chi connectivity index (χ4v) is 3.31. The van der Waals surface area contributed by atoms with E-state index in [-0.39, 0.29) is 18.0 Å². The molecule has 140 valence electrons. The molecule has 1 aromatic carbocycles. The average Bonchev–Trinajstić information content (AvgIpc) is 3.38. The zero-order valence-electron chi connectivity index (χ0n) is 14.8. The van der Waals surface area contributed by atoms with Gasteiger partial charge in [-0.1, -0.05) is 12.1 Å². The van der Waals surface area contributed by atoms with Crippen LogP contribution in [-0.2, 0) is 21.4 Å². The summed E-state index contributed by atoms with van der Waals surface area (Å²) in [6.45, 7) is 0.541. The molecular formula is C20H21FN4O2. The van der Waals surface area contributed by atoms with E-state index >= 15 is 0 Å². The van der Waals surface area contributed by atoms with Crippen molar-refractivity contribution in [1.82, 2.24) is 4.98 Å². The Morgan fingerprint density at radius 3 is 2.63 bits per heavy atom. The lowest BCUT2D eigenvalue weighted by Gasteiger charge is -2.15. The SMILES string of the molecule is NC1=NC(CCc2ccc(NC(=O)C3(c4ccc(F)cn4)CC3)cc2)CO1. The number of anilines is 1. The molecule has 1 fully saturated rings. The minimum Gasteiger partial charge on any atom is -0.463 e. The molecule has 0 spiro atoms. The molecule has 6 nitrogen and oxygen atoms in total. The number of halogens is 1. The van der Waals surface area contributed by atoms with Gasteiger partial charge in [0.15, 0.2) is 0 Å². The Hall–Kier alpha value is -2.96. The van der Waals surface area contributed by atoms with E-state index in [1.807, 2.05) is 24.3 Å². The topological polar surface area (TPSA) is 89.6 Å². The average molecular weight is 368 g/mol. The quantitative estimate of drug-likeness (QED) is 0.820. The standard InChI is InChI=1S/C20H21FN4O2/c21-14-4-8-17(23-11-14)20(9-10-20)18(26)24-15-5-1-13(2-6-15)3-7-16-12-27-19(22)25-16/h1-2,4-6,8,11,16H,3,7,9-10,12H2,(H2,22,25)(H,24,26). The van der Waals surface area contributed by atoms with E-state index in [0.29, 0.717) is 12.3 Å². The van der Waals surface area contributed by atoms with E-state index in [1.54, 1.807) is 6.07 Å². The number of carbonyl (C=O) groups is 1. The predicted molar refractivity (Wildman–Crippen MR) is 99.9 cm³/mol. The number of hydrogen-bond acceptors (Lipinski definition) is 5. The van der Waals surface area contributed by atoms with E-state index in [1.165, 1.54) is 6.07 Å². The molecular weight excluding hydrogens is 347 g/mol. The number of aryl methyl sites for hydroxylation is 1. The Labute approximate surface area is 156 Å². The van der Waals surface area contributed by atoms with Gasteiger partial charge in [0.05, 0.1) is 23.3 Å². The fraction of sp³-hybridized carbons (Fsp3) is 0.350. The minimum atomic E-state index is -0.632. The minimum absolute atomic E-state index is 0.0951. The highest BCUT2D eigenvalue weighted by Gasteiger charge is 2.52. The highest BCUT2D eigenvalue weighted by atomic mass is 19.1. The van der Waals surface area contributed by atoms with Crippen LogP contribution in [0.1, 0.15) is 30.5 Å². The maximum atomic E-state index is 13.1. The largest absolute Gasteiger partial charge is 0.463 e. The van der Waals surface area contributed by atoms with Crippen molar-refractivity contribution in [2.24, 2.45) is 10.7 Å². The molecule has 1 atom stereocenters. The molecule has 0 bridgehead atoms. The van der Waals surface area contributed by atoms with Crippen molar-refractivity contribution < 1.29 is 13.9 Å². The lowest BCUT2D eigenvalue weighted by molar-refractivity contribution is -0.118. The van der Waals surface area contributed by atoms with Crippen LogP contribution in [0.3, 0.4) is 0 Å². The van der Waals surface area contributed by atoms with Crippen molar-refractivity contribution in [3.05, 3.63) is 59.7 Å². The third-order valence-corrected chi connectivity index (χ3v) is 5.11. The maximum Gasteiger partial charge on any atom is 0.282 e. The Morgan fingerprint density at radius 2 is 2.04 bits per heavy atom. The van der Waals surface area contributed by atoms with Crippen molar-refractivity contribution in [2.45, 2.75) is 37.1 Å². The molecule has 2 aliphatic rings. The molecule has 0 saturated heterocycles. The summed E-state index contributed by atoms with van der Waals surface area (Å²) >= 11 is 0. The first-order valence-electron chi connectivity index (χ1n) is 9.04. The Balaban J connectivity index is 1.35. The molecule has 4 rings (SSSR count). The summed E-state index contributed by atoms with van der Waals surface area (Å²) in [7, 11) is 0. The third kappa shape index (κ3) is 3.77. The molecule has 1 amide bonds. The molecule has 1 aromatic heterocycles. The van der Waals surface area contributed by atoms with Gasteiger partial charge in [-0.2, -0.15) is 0 Å². The van der Waals surface area contributed by atoms with Gasteiger partial charge in [0, 0.05) is 5.69 Å². The van der Waals surface area contributed by atoms with Crippen LogP contribution >= 0.6 is 0 Å². The monoisotopic (exact) mass is 368 g/mol. The van der Waals surface area contributed by atoms with Crippen LogP contribution in [0.2, 0.25) is 0 Å². The molecule has 7 heteroatoms. The second-order valence-electron chi connectivity index (χ2n) is 7.07. The molecule has 1 aliphatic carbocycles. The first-order valence-corrected chi connectivity index (χ1v) is 9.04. The number of nitrogens with two attached hydrogens (primary N) is 1. The molecule has 1 aliphatic heterocycles. The number of rotatable bonds is 6. The van der Waals surface area contributed by atoms with Gasteiger partial charge in [-0.25, -0.2) is 9.38 Å². The number of hydrogen-bond donors (Lipinski definition) is 2. The van der Waals surface area contributed by atoms with Crippen LogP contribution in [0.25, 0.3) is 0 Å². The second kappa shape index (κ2) is 6.98. The zero-order chi connectivity index (χ0) is 18.9. The van der Waals surface area contributed by atoms with Crippen molar-refractivity contribution in [3.63, 3.8) is 0 Å². The number of amides is 1. The number of aromatic nitrogens is 1. The predicted octanol–water partition coefficient (Wildman–Crippen LogP) is 2.54. The maximum absolute atomic E-state index is 13.1. The van der Waals surface area contributed by atoms with Gasteiger partial charge in [0.1, 0.15) is 12.4 Å². The molecule has 3 N–H and O–H groups in total. The van der Waals surface area contributed by atoms with Gasteiger partial charge in [-0.05, 0) is 55.5 Å². The number of nitrogens with one attached hydrogen (secondary N) is 1. The first-order chi connectivity index (χ1) is 13.0. The molecule has 2 aromatic rings. The fourth-order valence-electron chi connectivity index (χ4n) is 3.31. The van der Waals surface area contributed by atoms with Crippen LogP contribution in [0.4, 0.5) is 10.1 Å². The summed E-state index contributed by atoms with van der Waals surface area (Å²) in [5.74, 6) is -0.495. The van der Waals surface area contributed by atoms with Gasteiger partial charge in [-0.3, -0.25) is 9.78 Å². The van der Waals surface area contributed by atoms with Gasteiger partial charge in [0.2, 0.25) is 5.91 Å². The lowest BCUT2D eigenvalue weighted by Crippen LogP contribution is -2.28. The van der Waals surface area contributed by atoms with E-state index < -0.39 is 11.2 Å². The van der Waals surface area contributed by atoms with Crippen LogP contribution < -0.4 is 11.1 Å². The summed E-state index contributed by atoms with van der Waals surface area (Å²) in [6.07, 6.45) is 4.34. The summed E-state index contributed by atoms with van der Waals surface area (Å²) in [5, 5.41) is 2.96. The van der Waals surface area contributed by atoms with Crippen molar-refractivity contribution >= 4 is 17.6 Å². The number of carbonyl (C=O) groups excluding carboxylic acids is 1. The number of benzene rings is 1. The molecule has 1 saturated carbocycles. The normalized spacial score (nSPS) is 19.9. The van der Waals surface area contributed by atoms with E-state index in [4.69, 9.17) is 10.5 Å². The Bertz CT molecular complexity index is 861. The van der Waals surface area contributed by atoms with E-state index in [9.17, 15) is 9.18 Å². The number of nitrogens with zero attached hydrogens (tertiary/aromatic N) is 2. The van der Waals surface area contributed by atoms with E-state index in [0.717, 1.165) is 43.1 Å². The summed E-state index contributed by atoms with van der Waals surface area (Å²) < 4.78 is 18.2. The number of pyridine rings is 1. The zero-order valence-corrected chi connectivity index (χ0v) is 14.8. The molecule has 1 unspecified atom stereocenters. The molecule has 2 heterocycles. The second-order valence-corrected chi connectivity index (χ2v) is 7.07. The number of aliphatic imine (C=N–C) groups is 1. The Kier molecular flexibility index (Phi) is 4.51. The third-order valence-electron chi connectivity index (χ3n) is 5.11. The highest BCUT2D eigenvalue weighted by Crippen LogP contribution is 2.48. The lowest BCUT2D eigenvalue weighted by atomic mass is 10.00. The van der Waals surface area contributed by atoms with Crippen LogP contribution in [0, 0.1) is 5.82 Å². The molecule has 27 heavy (non-hydrogen) atoms. The first kappa shape index (κ1) is 17.5. The number of ether oxygens (including phenoxy) is 1. The summed E-state index contributed by atoms with van der Waals surface area (Å²) in [6, 6.07) is 11.1. The number of amidine groups is 1. The van der Waals surface area contributed by atoms with Gasteiger partial charge < -0.3 is 15.8 Å². The van der Waals surface area contributed by atoms with Gasteiger partial charge >= 0.3 is 0 Å². The summed E-state index contributed by atoms with van der Waals surface area (Å²) in [5.41, 5.74) is 7.41. The van der Waals surface area contributed by atoms with Crippen LogP contribution in [-0.4, -0.2) is 29.6 Å². The summed E-state index contributed by atoms with van der Waals surface area (Å²) in [4.78, 5) is 21.0.